The molecule has 1 aliphatic carbocycles. The Balaban J connectivity index is 1.20. The molecule has 5 rings (SSSR count). The Morgan fingerprint density at radius 2 is 1.81 bits per heavy atom. The molecule has 0 saturated carbocycles. The largest absolute Gasteiger partial charge is 0.351 e. The molecular formula is C24H29N5O2. The van der Waals surface area contributed by atoms with Gasteiger partial charge in [-0.1, -0.05) is 32.0 Å². The summed E-state index contributed by atoms with van der Waals surface area (Å²) < 4.78 is 0. The predicted molar refractivity (Wildman–Crippen MR) is 119 cm³/mol. The van der Waals surface area contributed by atoms with Gasteiger partial charge in [-0.3, -0.25) is 9.59 Å². The standard InChI is InChI=1S/C24H29N5O2/c1-15(2)22-26-19-8-7-17(14-20(19)27-22)23(30)28-9-11-29(12-10-28)24(31)21-13-16-5-3-4-6-18(16)25-21/h3-6,13,15,17,25H,7-12,14H2,1-2H3,(H,26,27). The fraction of sp³-hybridized carbons (Fsp3) is 0.458. The van der Waals surface area contributed by atoms with Crippen molar-refractivity contribution in [3.63, 3.8) is 0 Å². The fourth-order valence-corrected chi connectivity index (χ4v) is 4.73. The Morgan fingerprint density at radius 3 is 2.55 bits per heavy atom. The van der Waals surface area contributed by atoms with Crippen LogP contribution in [0.3, 0.4) is 0 Å². The van der Waals surface area contributed by atoms with Crippen molar-refractivity contribution in [2.45, 2.75) is 39.0 Å². The lowest BCUT2D eigenvalue weighted by Crippen LogP contribution is -2.52. The third-order valence-corrected chi connectivity index (χ3v) is 6.60. The van der Waals surface area contributed by atoms with E-state index in [0.717, 1.165) is 47.4 Å². The molecule has 0 spiro atoms. The van der Waals surface area contributed by atoms with E-state index in [1.165, 1.54) is 0 Å². The van der Waals surface area contributed by atoms with Crippen LogP contribution in [0.15, 0.2) is 30.3 Å². The van der Waals surface area contributed by atoms with E-state index < -0.39 is 0 Å². The van der Waals surface area contributed by atoms with E-state index in [1.54, 1.807) is 0 Å². The minimum absolute atomic E-state index is 0.00363. The van der Waals surface area contributed by atoms with E-state index in [2.05, 4.69) is 23.8 Å². The second kappa shape index (κ2) is 7.87. The molecule has 162 valence electrons. The third kappa shape index (κ3) is 3.73. The quantitative estimate of drug-likeness (QED) is 0.684. The molecule has 1 aromatic carbocycles. The number of imidazole rings is 1. The monoisotopic (exact) mass is 419 g/mol. The Bertz CT molecular complexity index is 1090. The summed E-state index contributed by atoms with van der Waals surface area (Å²) in [5.41, 5.74) is 3.83. The van der Waals surface area contributed by atoms with Crippen molar-refractivity contribution in [3.05, 3.63) is 53.2 Å². The van der Waals surface area contributed by atoms with Gasteiger partial charge in [0.25, 0.3) is 5.91 Å². The first kappa shape index (κ1) is 19.8. The summed E-state index contributed by atoms with van der Waals surface area (Å²) >= 11 is 0. The molecule has 31 heavy (non-hydrogen) atoms. The van der Waals surface area contributed by atoms with Gasteiger partial charge in [0.2, 0.25) is 5.91 Å². The topological polar surface area (TPSA) is 85.1 Å². The number of H-pyrrole nitrogens is 2. The first-order chi connectivity index (χ1) is 15.0. The number of carbonyl (C=O) groups excluding carboxylic acids is 2. The third-order valence-electron chi connectivity index (χ3n) is 6.60. The van der Waals surface area contributed by atoms with Gasteiger partial charge in [0, 0.05) is 61.0 Å². The summed E-state index contributed by atoms with van der Waals surface area (Å²) in [6.07, 6.45) is 2.44. The van der Waals surface area contributed by atoms with Crippen molar-refractivity contribution in [1.82, 2.24) is 24.8 Å². The molecule has 1 saturated heterocycles. The predicted octanol–water partition coefficient (Wildman–Crippen LogP) is 3.10. The summed E-state index contributed by atoms with van der Waals surface area (Å²) in [6.45, 7) is 6.58. The van der Waals surface area contributed by atoms with Crippen molar-refractivity contribution in [3.8, 4) is 0 Å². The summed E-state index contributed by atoms with van der Waals surface area (Å²) in [6, 6.07) is 9.81. The fourth-order valence-electron chi connectivity index (χ4n) is 4.73. The lowest BCUT2D eigenvalue weighted by Gasteiger charge is -2.36. The molecule has 1 fully saturated rings. The molecule has 2 N–H and O–H groups in total. The number of nitrogens with zero attached hydrogens (tertiary/aromatic N) is 3. The summed E-state index contributed by atoms with van der Waals surface area (Å²) in [5, 5.41) is 1.04. The molecule has 2 aliphatic rings. The lowest BCUT2D eigenvalue weighted by molar-refractivity contribution is -0.137. The number of aromatic nitrogens is 3. The molecule has 7 heteroatoms. The Morgan fingerprint density at radius 1 is 1.06 bits per heavy atom. The zero-order valence-corrected chi connectivity index (χ0v) is 18.1. The molecule has 7 nitrogen and oxygen atoms in total. The van der Waals surface area contributed by atoms with Gasteiger partial charge in [0.1, 0.15) is 11.5 Å². The van der Waals surface area contributed by atoms with Crippen molar-refractivity contribution >= 4 is 22.7 Å². The Labute approximate surface area is 181 Å². The van der Waals surface area contributed by atoms with Crippen molar-refractivity contribution in [2.75, 3.05) is 26.2 Å². The smallest absolute Gasteiger partial charge is 0.270 e. The number of hydrogen-bond donors (Lipinski definition) is 2. The van der Waals surface area contributed by atoms with E-state index in [0.29, 0.717) is 37.8 Å². The molecule has 2 aromatic heterocycles. The number of rotatable bonds is 3. The lowest BCUT2D eigenvalue weighted by atomic mass is 9.88. The molecular weight excluding hydrogens is 390 g/mol. The molecule has 1 atom stereocenters. The zero-order valence-electron chi connectivity index (χ0n) is 18.1. The van der Waals surface area contributed by atoms with Crippen LogP contribution in [0.4, 0.5) is 0 Å². The first-order valence-electron chi connectivity index (χ1n) is 11.2. The highest BCUT2D eigenvalue weighted by Gasteiger charge is 2.33. The van der Waals surface area contributed by atoms with Gasteiger partial charge < -0.3 is 19.8 Å². The highest BCUT2D eigenvalue weighted by Crippen LogP contribution is 2.27. The Hall–Kier alpha value is -3.09. The van der Waals surface area contributed by atoms with Gasteiger partial charge in [0.15, 0.2) is 0 Å². The number of piperazine rings is 1. The molecule has 0 bridgehead atoms. The first-order valence-corrected chi connectivity index (χ1v) is 11.2. The minimum Gasteiger partial charge on any atom is -0.351 e. The second-order valence-electron chi connectivity index (χ2n) is 9.03. The molecule has 1 aliphatic heterocycles. The maximum atomic E-state index is 13.1. The number of carbonyl (C=O) groups is 2. The summed E-state index contributed by atoms with van der Waals surface area (Å²) in [4.78, 5) is 41.2. The minimum atomic E-state index is 0.00363. The molecule has 0 radical (unpaired) electrons. The maximum Gasteiger partial charge on any atom is 0.270 e. The van der Waals surface area contributed by atoms with E-state index >= 15 is 0 Å². The van der Waals surface area contributed by atoms with E-state index in [-0.39, 0.29) is 17.7 Å². The van der Waals surface area contributed by atoms with Gasteiger partial charge in [-0.25, -0.2) is 4.98 Å². The van der Waals surface area contributed by atoms with Crippen molar-refractivity contribution in [2.24, 2.45) is 5.92 Å². The second-order valence-corrected chi connectivity index (χ2v) is 9.03. The SMILES string of the molecule is CC(C)c1nc2c([nH]1)CC(C(=O)N1CCN(C(=O)c3cc4ccccc4[nH]3)CC1)CC2. The van der Waals surface area contributed by atoms with Gasteiger partial charge in [-0.05, 0) is 25.0 Å². The van der Waals surface area contributed by atoms with Crippen LogP contribution in [-0.2, 0) is 17.6 Å². The highest BCUT2D eigenvalue weighted by molar-refractivity contribution is 5.98. The number of aryl methyl sites for hydroxylation is 1. The van der Waals surface area contributed by atoms with Gasteiger partial charge in [0.05, 0.1) is 5.69 Å². The van der Waals surface area contributed by atoms with Crippen LogP contribution < -0.4 is 0 Å². The van der Waals surface area contributed by atoms with Crippen LogP contribution in [0.25, 0.3) is 10.9 Å². The van der Waals surface area contributed by atoms with Crippen LogP contribution in [0.1, 0.15) is 53.9 Å². The van der Waals surface area contributed by atoms with Crippen LogP contribution >= 0.6 is 0 Å². The van der Waals surface area contributed by atoms with Crippen LogP contribution in [0.2, 0.25) is 0 Å². The average molecular weight is 420 g/mol. The van der Waals surface area contributed by atoms with Crippen molar-refractivity contribution < 1.29 is 9.59 Å². The number of aromatic amines is 2. The van der Waals surface area contributed by atoms with Crippen LogP contribution in [0, 0.1) is 5.92 Å². The maximum absolute atomic E-state index is 13.1. The van der Waals surface area contributed by atoms with Gasteiger partial charge >= 0.3 is 0 Å². The number of para-hydroxylation sites is 1. The van der Waals surface area contributed by atoms with Crippen molar-refractivity contribution in [1.29, 1.82) is 0 Å². The zero-order chi connectivity index (χ0) is 21.5. The number of benzene rings is 1. The number of fused-ring (bicyclic) bond motifs is 2. The number of hydrogen-bond acceptors (Lipinski definition) is 3. The van der Waals surface area contributed by atoms with E-state index in [4.69, 9.17) is 4.98 Å². The summed E-state index contributed by atoms with van der Waals surface area (Å²) in [7, 11) is 0. The molecule has 2 amide bonds. The van der Waals surface area contributed by atoms with E-state index in [9.17, 15) is 9.59 Å². The number of nitrogens with one attached hydrogen (secondary N) is 2. The molecule has 1 unspecified atom stereocenters. The molecule has 3 heterocycles. The highest BCUT2D eigenvalue weighted by atomic mass is 16.2. The van der Waals surface area contributed by atoms with Gasteiger partial charge in [-0.15, -0.1) is 0 Å². The van der Waals surface area contributed by atoms with Crippen LogP contribution in [-0.4, -0.2) is 62.7 Å². The van der Waals surface area contributed by atoms with Crippen LogP contribution in [0.5, 0.6) is 0 Å². The summed E-state index contributed by atoms with van der Waals surface area (Å²) in [5.74, 6) is 1.60. The average Bonchev–Trinajstić information content (AvgIpc) is 3.42. The normalized spacial score (nSPS) is 19.1. The van der Waals surface area contributed by atoms with E-state index in [1.807, 2.05) is 40.1 Å². The Kier molecular flexibility index (Phi) is 5.04. The molecule has 3 aromatic rings. The number of amides is 2. The van der Waals surface area contributed by atoms with Gasteiger partial charge in [-0.2, -0.15) is 0 Å².